The van der Waals surface area contributed by atoms with Crippen LogP contribution in [0.15, 0.2) is 29.6 Å². The molecule has 0 amide bonds. The van der Waals surface area contributed by atoms with Gasteiger partial charge in [-0.15, -0.1) is 11.3 Å². The number of nitrogens with two attached hydrogens (primary N) is 1. The lowest BCUT2D eigenvalue weighted by molar-refractivity contribution is 0.0858. The Morgan fingerprint density at radius 2 is 2.26 bits per heavy atom. The van der Waals surface area contributed by atoms with Gasteiger partial charge in [0, 0.05) is 10.6 Å². The normalized spacial score (nSPS) is 31.1. The fourth-order valence-corrected chi connectivity index (χ4v) is 4.69. The maximum Gasteiger partial charge on any atom is 0.0627 e. The number of rotatable bonds is 3. The lowest BCUT2D eigenvalue weighted by Gasteiger charge is -2.28. The Hall–Kier alpha value is -0.940. The summed E-state index contributed by atoms with van der Waals surface area (Å²) in [7, 11) is 0. The van der Waals surface area contributed by atoms with Crippen LogP contribution in [0.3, 0.4) is 0 Å². The molecule has 0 spiro atoms. The van der Waals surface area contributed by atoms with E-state index < -0.39 is 0 Å². The zero-order valence-electron chi connectivity index (χ0n) is 10.7. The zero-order chi connectivity index (χ0) is 12.8. The summed E-state index contributed by atoms with van der Waals surface area (Å²) in [5.41, 5.74) is 4.38. The lowest BCUT2D eigenvalue weighted by atomic mass is 9.81. The van der Waals surface area contributed by atoms with E-state index in [4.69, 9.17) is 10.6 Å². The topological polar surface area (TPSA) is 47.3 Å². The van der Waals surface area contributed by atoms with Crippen molar-refractivity contribution in [3.63, 3.8) is 0 Å². The van der Waals surface area contributed by atoms with E-state index in [1.807, 2.05) is 0 Å². The summed E-state index contributed by atoms with van der Waals surface area (Å²) in [5, 5.41) is 3.46. The van der Waals surface area contributed by atoms with Crippen LogP contribution in [0.2, 0.25) is 0 Å². The van der Waals surface area contributed by atoms with Crippen LogP contribution in [0, 0.1) is 5.92 Å². The molecule has 2 aromatic rings. The van der Waals surface area contributed by atoms with Crippen molar-refractivity contribution in [2.45, 2.75) is 37.5 Å². The van der Waals surface area contributed by atoms with Crippen molar-refractivity contribution < 1.29 is 4.74 Å². The number of hydrogen-bond donors (Lipinski definition) is 2. The van der Waals surface area contributed by atoms with Crippen molar-refractivity contribution in [1.29, 1.82) is 0 Å². The van der Waals surface area contributed by atoms with Crippen LogP contribution in [0.4, 0.5) is 0 Å². The maximum absolute atomic E-state index is 5.99. The summed E-state index contributed by atoms with van der Waals surface area (Å²) in [4.78, 5) is 0. The van der Waals surface area contributed by atoms with Crippen LogP contribution in [0.5, 0.6) is 0 Å². The summed E-state index contributed by atoms with van der Waals surface area (Å²) < 4.78 is 7.35. The second kappa shape index (κ2) is 4.56. The van der Waals surface area contributed by atoms with Gasteiger partial charge in [-0.3, -0.25) is 11.3 Å². The number of thiophene rings is 1. The van der Waals surface area contributed by atoms with Crippen LogP contribution >= 0.6 is 11.3 Å². The third kappa shape index (κ3) is 1.82. The maximum atomic E-state index is 5.99. The van der Waals surface area contributed by atoms with Crippen LogP contribution in [-0.2, 0) is 4.74 Å². The Morgan fingerprint density at radius 3 is 3.00 bits per heavy atom. The molecule has 0 saturated carbocycles. The van der Waals surface area contributed by atoms with Crippen molar-refractivity contribution in [3.05, 3.63) is 35.2 Å². The Balaban J connectivity index is 1.74. The Labute approximate surface area is 116 Å². The highest BCUT2D eigenvalue weighted by molar-refractivity contribution is 7.17. The molecule has 4 rings (SSSR count). The number of ether oxygens (including phenoxy) is 1. The van der Waals surface area contributed by atoms with E-state index in [1.165, 1.54) is 28.5 Å². The second-order valence-electron chi connectivity index (χ2n) is 5.60. The highest BCUT2D eigenvalue weighted by atomic mass is 32.1. The molecule has 2 aliphatic rings. The van der Waals surface area contributed by atoms with Crippen LogP contribution < -0.4 is 11.3 Å². The molecule has 0 radical (unpaired) electrons. The van der Waals surface area contributed by atoms with Crippen molar-refractivity contribution in [3.8, 4) is 0 Å². The standard InChI is InChI=1S/C15H18N2OS/c16-17-14(12-8-10-4-5-13(12)18-10)11-3-1-2-9-6-7-19-15(9)11/h1-3,6-7,10,12-14,17H,4-5,8,16H2. The van der Waals surface area contributed by atoms with Gasteiger partial charge < -0.3 is 4.74 Å². The first-order chi connectivity index (χ1) is 9.36. The molecule has 0 aliphatic carbocycles. The highest BCUT2D eigenvalue weighted by Gasteiger charge is 2.44. The molecule has 2 fully saturated rings. The predicted octanol–water partition coefficient (Wildman–Crippen LogP) is 2.97. The van der Waals surface area contributed by atoms with E-state index in [-0.39, 0.29) is 6.04 Å². The van der Waals surface area contributed by atoms with Crippen LogP contribution in [0.1, 0.15) is 30.9 Å². The number of fused-ring (bicyclic) bond motifs is 3. The average molecular weight is 274 g/mol. The van der Waals surface area contributed by atoms with E-state index in [1.54, 1.807) is 11.3 Å². The minimum Gasteiger partial charge on any atom is -0.375 e. The highest BCUT2D eigenvalue weighted by Crippen LogP contribution is 2.45. The van der Waals surface area contributed by atoms with Crippen molar-refractivity contribution in [1.82, 2.24) is 5.43 Å². The quantitative estimate of drug-likeness (QED) is 0.668. The van der Waals surface area contributed by atoms with E-state index >= 15 is 0 Å². The fraction of sp³-hybridized carbons (Fsp3) is 0.467. The molecule has 1 aromatic carbocycles. The summed E-state index contributed by atoms with van der Waals surface area (Å²) in [6, 6.07) is 8.88. The Morgan fingerprint density at radius 1 is 1.32 bits per heavy atom. The van der Waals surface area contributed by atoms with E-state index in [0.29, 0.717) is 18.1 Å². The van der Waals surface area contributed by atoms with E-state index in [0.717, 1.165) is 6.42 Å². The fourth-order valence-electron chi connectivity index (χ4n) is 3.73. The minimum atomic E-state index is 0.206. The summed E-state index contributed by atoms with van der Waals surface area (Å²) in [6.07, 6.45) is 4.41. The molecule has 1 aromatic heterocycles. The van der Waals surface area contributed by atoms with Crippen molar-refractivity contribution in [2.75, 3.05) is 0 Å². The van der Waals surface area contributed by atoms with Gasteiger partial charge >= 0.3 is 0 Å². The van der Waals surface area contributed by atoms with E-state index in [2.05, 4.69) is 35.1 Å². The molecule has 2 saturated heterocycles. The largest absolute Gasteiger partial charge is 0.375 e. The van der Waals surface area contributed by atoms with Gasteiger partial charge in [0.15, 0.2) is 0 Å². The number of nitrogens with one attached hydrogen (secondary N) is 1. The zero-order valence-corrected chi connectivity index (χ0v) is 11.5. The number of benzene rings is 1. The van der Waals surface area contributed by atoms with Gasteiger partial charge in [0.25, 0.3) is 0 Å². The minimum absolute atomic E-state index is 0.206. The first-order valence-corrected chi connectivity index (χ1v) is 7.82. The van der Waals surface area contributed by atoms with Gasteiger partial charge in [-0.2, -0.15) is 0 Å². The van der Waals surface area contributed by atoms with Gasteiger partial charge in [-0.1, -0.05) is 18.2 Å². The Kier molecular flexibility index (Phi) is 2.84. The predicted molar refractivity (Wildman–Crippen MR) is 77.9 cm³/mol. The van der Waals surface area contributed by atoms with Gasteiger partial charge in [0.1, 0.15) is 0 Å². The molecule has 19 heavy (non-hydrogen) atoms. The van der Waals surface area contributed by atoms with Gasteiger partial charge in [0.05, 0.1) is 18.2 Å². The molecular weight excluding hydrogens is 256 g/mol. The van der Waals surface area contributed by atoms with Gasteiger partial charge in [-0.05, 0) is 41.7 Å². The monoisotopic (exact) mass is 274 g/mol. The molecule has 3 nitrogen and oxygen atoms in total. The molecule has 3 heterocycles. The van der Waals surface area contributed by atoms with Crippen molar-refractivity contribution >= 4 is 21.4 Å². The number of hydrazine groups is 1. The first-order valence-electron chi connectivity index (χ1n) is 6.94. The van der Waals surface area contributed by atoms with Crippen LogP contribution in [-0.4, -0.2) is 12.2 Å². The molecule has 4 unspecified atom stereocenters. The molecule has 2 bridgehead atoms. The summed E-state index contributed by atoms with van der Waals surface area (Å²) in [6.45, 7) is 0. The van der Waals surface area contributed by atoms with E-state index in [9.17, 15) is 0 Å². The summed E-state index contributed by atoms with van der Waals surface area (Å²) >= 11 is 1.80. The Bertz CT molecular complexity index is 597. The molecule has 2 aliphatic heterocycles. The molecular formula is C15H18N2OS. The molecule has 3 N–H and O–H groups in total. The summed E-state index contributed by atoms with van der Waals surface area (Å²) in [5.74, 6) is 6.39. The molecule has 4 atom stereocenters. The van der Waals surface area contributed by atoms with Crippen molar-refractivity contribution in [2.24, 2.45) is 11.8 Å². The third-order valence-corrected chi connectivity index (χ3v) is 5.58. The van der Waals surface area contributed by atoms with Gasteiger partial charge in [-0.25, -0.2) is 0 Å². The molecule has 4 heteroatoms. The SMILES string of the molecule is NNC(c1cccc2ccsc12)C1CC2CCC1O2. The van der Waals surface area contributed by atoms with Gasteiger partial charge in [0.2, 0.25) is 0 Å². The average Bonchev–Trinajstić information content (AvgIpc) is 3.15. The van der Waals surface area contributed by atoms with Crippen LogP contribution in [0.25, 0.3) is 10.1 Å². The molecule has 100 valence electrons. The lowest BCUT2D eigenvalue weighted by Crippen LogP contribution is -2.37. The second-order valence-corrected chi connectivity index (χ2v) is 6.52. The first kappa shape index (κ1) is 11.9. The smallest absolute Gasteiger partial charge is 0.0627 e. The third-order valence-electron chi connectivity index (χ3n) is 4.61. The number of hydrogen-bond acceptors (Lipinski definition) is 4.